The normalized spacial score (nSPS) is 14.8. The van der Waals surface area contributed by atoms with Gasteiger partial charge in [0.05, 0.1) is 6.61 Å². The van der Waals surface area contributed by atoms with E-state index in [9.17, 15) is 4.39 Å². The highest BCUT2D eigenvalue weighted by atomic mass is 19.1. The van der Waals surface area contributed by atoms with E-state index in [2.05, 4.69) is 0 Å². The van der Waals surface area contributed by atoms with Crippen LogP contribution in [-0.4, -0.2) is 26.8 Å². The molecule has 1 saturated carbocycles. The first-order valence-corrected chi connectivity index (χ1v) is 6.47. The monoisotopic (exact) mass is 252 g/mol. The number of nitrogens with zero attached hydrogens (tertiary/aromatic N) is 1. The largest absolute Gasteiger partial charge is 0.379 e. The van der Waals surface area contributed by atoms with Gasteiger partial charge in [-0.05, 0) is 42.5 Å². The van der Waals surface area contributed by atoms with Crippen LogP contribution in [0.4, 0.5) is 10.1 Å². The molecule has 1 aliphatic carbocycles. The first-order chi connectivity index (χ1) is 8.69. The fourth-order valence-corrected chi connectivity index (χ4v) is 1.84. The van der Waals surface area contributed by atoms with Crippen LogP contribution in [0.3, 0.4) is 0 Å². The van der Waals surface area contributed by atoms with Gasteiger partial charge in [0.1, 0.15) is 5.82 Å². The first-order valence-electron chi connectivity index (χ1n) is 6.47. The summed E-state index contributed by atoms with van der Waals surface area (Å²) in [5.41, 5.74) is 7.21. The molecule has 0 amide bonds. The summed E-state index contributed by atoms with van der Waals surface area (Å²) in [4.78, 5) is 2.00. The van der Waals surface area contributed by atoms with E-state index in [1.54, 1.807) is 0 Å². The SMILES string of the molecule is CN(CCOCC1CC1)c1cc(F)cc(CN)c1. The molecule has 0 atom stereocenters. The number of halogens is 1. The van der Waals surface area contributed by atoms with Crippen LogP contribution in [-0.2, 0) is 11.3 Å². The Morgan fingerprint density at radius 1 is 1.39 bits per heavy atom. The van der Waals surface area contributed by atoms with Crippen LogP contribution in [0.25, 0.3) is 0 Å². The van der Waals surface area contributed by atoms with E-state index in [4.69, 9.17) is 10.5 Å². The van der Waals surface area contributed by atoms with Crippen molar-refractivity contribution in [3.63, 3.8) is 0 Å². The number of hydrogen-bond acceptors (Lipinski definition) is 3. The predicted molar refractivity (Wildman–Crippen MR) is 71.1 cm³/mol. The topological polar surface area (TPSA) is 38.5 Å². The number of hydrogen-bond donors (Lipinski definition) is 1. The van der Waals surface area contributed by atoms with Crippen molar-refractivity contribution >= 4 is 5.69 Å². The molecule has 1 aromatic carbocycles. The Kier molecular flexibility index (Phi) is 4.55. The predicted octanol–water partition coefficient (Wildman–Crippen LogP) is 2.15. The Balaban J connectivity index is 1.82. The molecule has 0 heterocycles. The number of rotatable bonds is 7. The molecule has 18 heavy (non-hydrogen) atoms. The second-order valence-corrected chi connectivity index (χ2v) is 4.96. The molecule has 0 aromatic heterocycles. The third-order valence-corrected chi connectivity index (χ3v) is 3.24. The molecule has 0 aliphatic heterocycles. The Labute approximate surface area is 108 Å². The third-order valence-electron chi connectivity index (χ3n) is 3.24. The average Bonchev–Trinajstić information content (AvgIpc) is 3.17. The molecule has 100 valence electrons. The minimum absolute atomic E-state index is 0.237. The number of ether oxygens (including phenoxy) is 1. The minimum Gasteiger partial charge on any atom is -0.379 e. The van der Waals surface area contributed by atoms with Crippen LogP contribution in [0.1, 0.15) is 18.4 Å². The lowest BCUT2D eigenvalue weighted by Crippen LogP contribution is -2.23. The van der Waals surface area contributed by atoms with E-state index >= 15 is 0 Å². The highest BCUT2D eigenvalue weighted by Gasteiger charge is 2.20. The lowest BCUT2D eigenvalue weighted by molar-refractivity contribution is 0.131. The van der Waals surface area contributed by atoms with E-state index in [1.807, 2.05) is 18.0 Å². The van der Waals surface area contributed by atoms with Crippen molar-refractivity contribution in [2.24, 2.45) is 11.7 Å². The van der Waals surface area contributed by atoms with E-state index in [1.165, 1.54) is 25.0 Å². The highest BCUT2D eigenvalue weighted by Crippen LogP contribution is 2.28. The van der Waals surface area contributed by atoms with Crippen molar-refractivity contribution in [2.45, 2.75) is 19.4 Å². The second-order valence-electron chi connectivity index (χ2n) is 4.96. The molecule has 2 N–H and O–H groups in total. The first kappa shape index (κ1) is 13.3. The zero-order valence-electron chi connectivity index (χ0n) is 10.9. The van der Waals surface area contributed by atoms with Gasteiger partial charge in [-0.25, -0.2) is 4.39 Å². The standard InChI is InChI=1S/C14H21FN2O/c1-17(4-5-18-10-11-2-3-11)14-7-12(9-16)6-13(15)8-14/h6-8,11H,2-5,9-10,16H2,1H3. The summed E-state index contributed by atoms with van der Waals surface area (Å²) in [5, 5.41) is 0. The van der Waals surface area contributed by atoms with Gasteiger partial charge in [-0.15, -0.1) is 0 Å². The molecule has 0 spiro atoms. The summed E-state index contributed by atoms with van der Waals surface area (Å²) in [5.74, 6) is 0.548. The lowest BCUT2D eigenvalue weighted by atomic mass is 10.2. The fraction of sp³-hybridized carbons (Fsp3) is 0.571. The Morgan fingerprint density at radius 3 is 2.83 bits per heavy atom. The zero-order valence-corrected chi connectivity index (χ0v) is 10.9. The Morgan fingerprint density at radius 2 is 2.17 bits per heavy atom. The van der Waals surface area contributed by atoms with Gasteiger partial charge in [-0.3, -0.25) is 0 Å². The maximum Gasteiger partial charge on any atom is 0.125 e. The number of anilines is 1. The van der Waals surface area contributed by atoms with Gasteiger partial charge in [0.25, 0.3) is 0 Å². The van der Waals surface area contributed by atoms with Crippen LogP contribution in [0.15, 0.2) is 18.2 Å². The van der Waals surface area contributed by atoms with Crippen LogP contribution in [0.5, 0.6) is 0 Å². The van der Waals surface area contributed by atoms with Gasteiger partial charge >= 0.3 is 0 Å². The molecule has 0 bridgehead atoms. The summed E-state index contributed by atoms with van der Waals surface area (Å²) in [6.45, 7) is 2.67. The maximum absolute atomic E-state index is 13.4. The van der Waals surface area contributed by atoms with Crippen molar-refractivity contribution in [3.8, 4) is 0 Å². The second kappa shape index (κ2) is 6.16. The Bertz CT molecular complexity index is 393. The molecule has 1 fully saturated rings. The molecule has 1 aliphatic rings. The van der Waals surface area contributed by atoms with Gasteiger partial charge < -0.3 is 15.4 Å². The molecule has 1 aromatic rings. The number of likely N-dealkylation sites (N-methyl/N-ethyl adjacent to an activating group) is 1. The van der Waals surface area contributed by atoms with Crippen LogP contribution in [0.2, 0.25) is 0 Å². The van der Waals surface area contributed by atoms with E-state index in [-0.39, 0.29) is 5.82 Å². The molecule has 2 rings (SSSR count). The summed E-state index contributed by atoms with van der Waals surface area (Å²) in [6.07, 6.45) is 2.61. The molecule has 3 nitrogen and oxygen atoms in total. The quantitative estimate of drug-likeness (QED) is 0.756. The molecule has 0 saturated heterocycles. The van der Waals surface area contributed by atoms with Crippen LogP contribution in [0, 0.1) is 11.7 Å². The smallest absolute Gasteiger partial charge is 0.125 e. The summed E-state index contributed by atoms with van der Waals surface area (Å²) < 4.78 is 18.9. The van der Waals surface area contributed by atoms with Crippen molar-refractivity contribution in [1.82, 2.24) is 0 Å². The van der Waals surface area contributed by atoms with Gasteiger partial charge in [-0.1, -0.05) is 0 Å². The van der Waals surface area contributed by atoms with Crippen LogP contribution >= 0.6 is 0 Å². The average molecular weight is 252 g/mol. The van der Waals surface area contributed by atoms with E-state index < -0.39 is 0 Å². The van der Waals surface area contributed by atoms with Gasteiger partial charge in [0.2, 0.25) is 0 Å². The molecular formula is C14H21FN2O. The lowest BCUT2D eigenvalue weighted by Gasteiger charge is -2.20. The van der Waals surface area contributed by atoms with E-state index in [0.717, 1.165) is 30.3 Å². The van der Waals surface area contributed by atoms with Crippen LogP contribution < -0.4 is 10.6 Å². The zero-order chi connectivity index (χ0) is 13.0. The molecule has 0 unspecified atom stereocenters. The number of benzene rings is 1. The van der Waals surface area contributed by atoms with Gasteiger partial charge in [0.15, 0.2) is 0 Å². The highest BCUT2D eigenvalue weighted by molar-refractivity contribution is 5.48. The summed E-state index contributed by atoms with van der Waals surface area (Å²) in [7, 11) is 1.94. The molecule has 0 radical (unpaired) electrons. The molecular weight excluding hydrogens is 231 g/mol. The third kappa shape index (κ3) is 3.96. The van der Waals surface area contributed by atoms with Gasteiger partial charge in [-0.2, -0.15) is 0 Å². The van der Waals surface area contributed by atoms with Crippen molar-refractivity contribution < 1.29 is 9.13 Å². The fourth-order valence-electron chi connectivity index (χ4n) is 1.84. The summed E-state index contributed by atoms with van der Waals surface area (Å²) in [6, 6.07) is 4.92. The van der Waals surface area contributed by atoms with Gasteiger partial charge in [0, 0.05) is 32.4 Å². The minimum atomic E-state index is -0.237. The van der Waals surface area contributed by atoms with E-state index in [0.29, 0.717) is 13.2 Å². The summed E-state index contributed by atoms with van der Waals surface area (Å²) >= 11 is 0. The Hall–Kier alpha value is -1.13. The van der Waals surface area contributed by atoms with Crippen molar-refractivity contribution in [3.05, 3.63) is 29.6 Å². The van der Waals surface area contributed by atoms with Crippen molar-refractivity contribution in [2.75, 3.05) is 31.7 Å². The van der Waals surface area contributed by atoms with Crippen molar-refractivity contribution in [1.29, 1.82) is 0 Å². The number of nitrogens with two attached hydrogens (primary N) is 1. The maximum atomic E-state index is 13.4. The molecule has 4 heteroatoms.